The van der Waals surface area contributed by atoms with Crippen molar-refractivity contribution in [2.24, 2.45) is 5.10 Å². The average Bonchev–Trinajstić information content (AvgIpc) is 2.61. The van der Waals surface area contributed by atoms with Gasteiger partial charge >= 0.3 is 6.18 Å². The number of halogens is 3. The van der Waals surface area contributed by atoms with Crippen LogP contribution in [-0.4, -0.2) is 28.8 Å². The molecule has 1 amide bonds. The Labute approximate surface area is 150 Å². The van der Waals surface area contributed by atoms with E-state index in [1.807, 2.05) is 5.43 Å². The molecule has 2 aromatic rings. The van der Waals surface area contributed by atoms with E-state index in [0.717, 1.165) is 42.6 Å². The Balaban J connectivity index is 1.93. The van der Waals surface area contributed by atoms with Gasteiger partial charge in [-0.05, 0) is 24.3 Å². The van der Waals surface area contributed by atoms with Crippen molar-refractivity contribution in [3.05, 3.63) is 63.7 Å². The Hall–Kier alpha value is -3.63. The second kappa shape index (κ2) is 8.17. The van der Waals surface area contributed by atoms with Crippen LogP contribution in [0.15, 0.2) is 47.6 Å². The summed E-state index contributed by atoms with van der Waals surface area (Å²) in [7, 11) is 0. The van der Waals surface area contributed by atoms with Gasteiger partial charge in [-0.25, -0.2) is 5.43 Å². The fraction of sp³-hybridized carbons (Fsp3) is 0.125. The molecule has 142 valence electrons. The highest BCUT2D eigenvalue weighted by molar-refractivity contribution is 5.86. The minimum Gasteiger partial charge on any atom is -0.507 e. The first-order chi connectivity index (χ1) is 12.7. The highest BCUT2D eigenvalue weighted by Crippen LogP contribution is 2.31. The number of nitro groups is 1. The zero-order valence-corrected chi connectivity index (χ0v) is 13.4. The van der Waals surface area contributed by atoms with E-state index in [4.69, 9.17) is 4.74 Å². The van der Waals surface area contributed by atoms with E-state index >= 15 is 0 Å². The Morgan fingerprint density at radius 1 is 1.30 bits per heavy atom. The maximum Gasteiger partial charge on any atom is 0.416 e. The fourth-order valence-electron chi connectivity index (χ4n) is 1.88. The van der Waals surface area contributed by atoms with Crippen molar-refractivity contribution in [2.45, 2.75) is 6.18 Å². The van der Waals surface area contributed by atoms with Gasteiger partial charge in [0.05, 0.1) is 16.7 Å². The Morgan fingerprint density at radius 2 is 2.04 bits per heavy atom. The molecule has 0 aliphatic heterocycles. The van der Waals surface area contributed by atoms with Crippen LogP contribution in [0, 0.1) is 10.1 Å². The monoisotopic (exact) mass is 383 g/mol. The van der Waals surface area contributed by atoms with Crippen molar-refractivity contribution in [3.8, 4) is 11.5 Å². The van der Waals surface area contributed by atoms with Gasteiger partial charge in [0.2, 0.25) is 0 Å². The number of rotatable bonds is 6. The smallest absolute Gasteiger partial charge is 0.416 e. The van der Waals surface area contributed by atoms with Gasteiger partial charge in [0.25, 0.3) is 11.6 Å². The Bertz CT molecular complexity index is 884. The minimum absolute atomic E-state index is 0.0108. The summed E-state index contributed by atoms with van der Waals surface area (Å²) < 4.78 is 42.7. The Kier molecular flexibility index (Phi) is 5.96. The van der Waals surface area contributed by atoms with Crippen molar-refractivity contribution in [2.75, 3.05) is 6.61 Å². The van der Waals surface area contributed by atoms with E-state index in [-0.39, 0.29) is 22.7 Å². The van der Waals surface area contributed by atoms with E-state index in [0.29, 0.717) is 0 Å². The molecule has 0 heterocycles. The third-order valence-electron chi connectivity index (χ3n) is 3.15. The first kappa shape index (κ1) is 19.7. The van der Waals surface area contributed by atoms with Crippen LogP contribution in [0.4, 0.5) is 18.9 Å². The quantitative estimate of drug-likeness (QED) is 0.452. The molecule has 0 atom stereocenters. The number of carbonyl (C=O) groups is 1. The number of phenolic OH excluding ortho intramolecular Hbond substituents is 1. The van der Waals surface area contributed by atoms with Crippen molar-refractivity contribution in [1.29, 1.82) is 0 Å². The van der Waals surface area contributed by atoms with Crippen LogP contribution in [0.3, 0.4) is 0 Å². The standard InChI is InChI=1S/C16H12F3N3O5/c17-16(18,19)11-2-1-3-13(7-11)27-9-15(24)21-20-8-10-6-12(22(25)26)4-5-14(10)23/h1-8,23H,9H2,(H,21,24)/b20-8+. The second-order valence-corrected chi connectivity index (χ2v) is 5.11. The molecule has 0 fully saturated rings. The van der Waals surface area contributed by atoms with Gasteiger partial charge in [0, 0.05) is 17.7 Å². The lowest BCUT2D eigenvalue weighted by atomic mass is 10.2. The fourth-order valence-corrected chi connectivity index (χ4v) is 1.88. The highest BCUT2D eigenvalue weighted by Gasteiger charge is 2.30. The Morgan fingerprint density at radius 3 is 2.70 bits per heavy atom. The third-order valence-corrected chi connectivity index (χ3v) is 3.15. The predicted octanol–water partition coefficient (Wildman–Crippen LogP) is 2.85. The van der Waals surface area contributed by atoms with Crippen molar-refractivity contribution in [3.63, 3.8) is 0 Å². The predicted molar refractivity (Wildman–Crippen MR) is 87.4 cm³/mol. The second-order valence-electron chi connectivity index (χ2n) is 5.11. The summed E-state index contributed by atoms with van der Waals surface area (Å²) in [6, 6.07) is 7.24. The van der Waals surface area contributed by atoms with E-state index in [1.165, 1.54) is 6.07 Å². The van der Waals surface area contributed by atoms with Crippen molar-refractivity contribution < 1.29 is 32.7 Å². The topological polar surface area (TPSA) is 114 Å². The number of non-ortho nitro benzene ring substituents is 1. The summed E-state index contributed by atoms with van der Waals surface area (Å²) in [4.78, 5) is 21.6. The number of aromatic hydroxyl groups is 1. The summed E-state index contributed by atoms with van der Waals surface area (Å²) >= 11 is 0. The summed E-state index contributed by atoms with van der Waals surface area (Å²) in [5.41, 5.74) is 0.813. The van der Waals surface area contributed by atoms with Crippen LogP contribution >= 0.6 is 0 Å². The van der Waals surface area contributed by atoms with Crippen LogP contribution in [0.2, 0.25) is 0 Å². The number of nitro benzene ring substituents is 1. The molecule has 0 bridgehead atoms. The van der Waals surface area contributed by atoms with Gasteiger partial charge in [0.15, 0.2) is 6.61 Å². The van der Waals surface area contributed by atoms with Gasteiger partial charge < -0.3 is 9.84 Å². The number of alkyl halides is 3. The zero-order valence-electron chi connectivity index (χ0n) is 13.4. The number of phenols is 1. The number of nitrogens with zero attached hydrogens (tertiary/aromatic N) is 2. The lowest BCUT2D eigenvalue weighted by Crippen LogP contribution is -2.24. The summed E-state index contributed by atoms with van der Waals surface area (Å²) in [6.45, 7) is -0.612. The first-order valence-electron chi connectivity index (χ1n) is 7.26. The van der Waals surface area contributed by atoms with E-state index < -0.39 is 29.2 Å². The van der Waals surface area contributed by atoms with Crippen LogP contribution < -0.4 is 10.2 Å². The molecule has 0 saturated heterocycles. The maximum absolute atomic E-state index is 12.6. The average molecular weight is 383 g/mol. The molecule has 2 aromatic carbocycles. The molecule has 0 spiro atoms. The molecule has 0 saturated carbocycles. The van der Waals surface area contributed by atoms with Gasteiger partial charge in [0.1, 0.15) is 11.5 Å². The summed E-state index contributed by atoms with van der Waals surface area (Å²) in [6.07, 6.45) is -3.56. The number of ether oxygens (including phenoxy) is 1. The van der Waals surface area contributed by atoms with Crippen LogP contribution in [0.5, 0.6) is 11.5 Å². The van der Waals surface area contributed by atoms with Crippen LogP contribution in [0.1, 0.15) is 11.1 Å². The third kappa shape index (κ3) is 5.70. The van der Waals surface area contributed by atoms with Crippen LogP contribution in [0.25, 0.3) is 0 Å². The summed E-state index contributed by atoms with van der Waals surface area (Å²) in [5.74, 6) is -1.23. The van der Waals surface area contributed by atoms with Gasteiger partial charge in [-0.1, -0.05) is 6.07 Å². The minimum atomic E-state index is -4.54. The van der Waals surface area contributed by atoms with Crippen LogP contribution in [-0.2, 0) is 11.0 Å². The molecule has 0 aromatic heterocycles. The number of hydrogen-bond acceptors (Lipinski definition) is 6. The SMILES string of the molecule is O=C(COc1cccc(C(F)(F)F)c1)N/N=C/c1cc([N+](=O)[O-])ccc1O. The summed E-state index contributed by atoms with van der Waals surface area (Å²) in [5, 5.41) is 23.8. The number of carbonyl (C=O) groups excluding carboxylic acids is 1. The van der Waals surface area contributed by atoms with Gasteiger partial charge in [-0.2, -0.15) is 18.3 Å². The molecule has 0 unspecified atom stereocenters. The normalized spacial score (nSPS) is 11.4. The first-order valence-corrected chi connectivity index (χ1v) is 7.26. The lowest BCUT2D eigenvalue weighted by molar-refractivity contribution is -0.384. The molecule has 0 aliphatic rings. The molecular weight excluding hydrogens is 371 g/mol. The zero-order chi connectivity index (χ0) is 20.0. The highest BCUT2D eigenvalue weighted by atomic mass is 19.4. The number of amides is 1. The molecule has 2 N–H and O–H groups in total. The van der Waals surface area contributed by atoms with Gasteiger partial charge in [-0.3, -0.25) is 14.9 Å². The largest absolute Gasteiger partial charge is 0.507 e. The number of benzene rings is 2. The molecule has 0 aliphatic carbocycles. The number of nitrogens with one attached hydrogen (secondary N) is 1. The maximum atomic E-state index is 12.6. The molecule has 11 heteroatoms. The van der Waals surface area contributed by atoms with Gasteiger partial charge in [-0.15, -0.1) is 0 Å². The number of hydrogen-bond donors (Lipinski definition) is 2. The van der Waals surface area contributed by atoms with E-state index in [9.17, 15) is 33.2 Å². The van der Waals surface area contributed by atoms with Crippen molar-refractivity contribution in [1.82, 2.24) is 5.43 Å². The van der Waals surface area contributed by atoms with Crippen molar-refractivity contribution >= 4 is 17.8 Å². The lowest BCUT2D eigenvalue weighted by Gasteiger charge is -2.09. The molecule has 0 radical (unpaired) electrons. The molecule has 27 heavy (non-hydrogen) atoms. The molecule has 2 rings (SSSR count). The molecule has 8 nitrogen and oxygen atoms in total. The van der Waals surface area contributed by atoms with E-state index in [1.54, 1.807) is 0 Å². The van der Waals surface area contributed by atoms with E-state index in [2.05, 4.69) is 5.10 Å². The number of hydrazone groups is 1. The molecular formula is C16H12F3N3O5.